The zero-order valence-electron chi connectivity index (χ0n) is 10.3. The van der Waals surface area contributed by atoms with E-state index < -0.39 is 11.7 Å². The fourth-order valence-corrected chi connectivity index (χ4v) is 2.29. The zero-order valence-corrected chi connectivity index (χ0v) is 10.3. The van der Waals surface area contributed by atoms with E-state index in [-0.39, 0.29) is 0 Å². The summed E-state index contributed by atoms with van der Waals surface area (Å²) in [6.07, 6.45) is -2.01. The third-order valence-electron chi connectivity index (χ3n) is 3.21. The minimum Gasteiger partial charge on any atom is -0.388 e. The highest BCUT2D eigenvalue weighted by Crippen LogP contribution is 2.32. The predicted octanol–water partition coefficient (Wildman–Crippen LogP) is 3.34. The highest BCUT2D eigenvalue weighted by atomic mass is 19.4. The number of alkyl halides is 3. The predicted molar refractivity (Wildman–Crippen MR) is 65.5 cm³/mol. The van der Waals surface area contributed by atoms with Crippen LogP contribution in [0.15, 0.2) is 18.2 Å². The third-order valence-corrected chi connectivity index (χ3v) is 3.21. The molecule has 1 aromatic rings. The average molecular weight is 258 g/mol. The van der Waals surface area contributed by atoms with E-state index in [0.29, 0.717) is 12.2 Å². The molecule has 1 aliphatic heterocycles. The molecule has 2 nitrogen and oxygen atoms in total. The van der Waals surface area contributed by atoms with Gasteiger partial charge in [0.15, 0.2) is 0 Å². The van der Waals surface area contributed by atoms with Gasteiger partial charge in [-0.05, 0) is 49.7 Å². The topological polar surface area (TPSA) is 15.3 Å². The van der Waals surface area contributed by atoms with Gasteiger partial charge in [-0.3, -0.25) is 4.90 Å². The number of nitrogens with zero attached hydrogens (tertiary/aromatic N) is 1. The lowest BCUT2D eigenvalue weighted by Gasteiger charge is -2.17. The van der Waals surface area contributed by atoms with Gasteiger partial charge in [0.1, 0.15) is 0 Å². The van der Waals surface area contributed by atoms with Crippen LogP contribution < -0.4 is 5.32 Å². The second kappa shape index (κ2) is 5.18. The van der Waals surface area contributed by atoms with Gasteiger partial charge < -0.3 is 5.32 Å². The lowest BCUT2D eigenvalue weighted by atomic mass is 10.1. The highest BCUT2D eigenvalue weighted by molar-refractivity contribution is 5.49. The number of likely N-dealkylation sites (tertiary alicyclic amines) is 1. The summed E-state index contributed by atoms with van der Waals surface area (Å²) < 4.78 is 38.3. The van der Waals surface area contributed by atoms with Gasteiger partial charge >= 0.3 is 6.18 Å². The third kappa shape index (κ3) is 3.16. The lowest BCUT2D eigenvalue weighted by molar-refractivity contribution is -0.137. The molecule has 0 radical (unpaired) electrons. The Morgan fingerprint density at radius 3 is 2.39 bits per heavy atom. The minimum absolute atomic E-state index is 0.513. The van der Waals surface area contributed by atoms with E-state index >= 15 is 0 Å². The first kappa shape index (κ1) is 13.2. The van der Waals surface area contributed by atoms with Crippen LogP contribution in [0.4, 0.5) is 18.9 Å². The molecule has 1 fully saturated rings. The van der Waals surface area contributed by atoms with Gasteiger partial charge in [-0.25, -0.2) is 0 Å². The van der Waals surface area contributed by atoms with E-state index in [1.807, 2.05) is 0 Å². The molecule has 0 bridgehead atoms. The number of nitrogens with one attached hydrogen (secondary N) is 1. The van der Waals surface area contributed by atoms with Crippen LogP contribution >= 0.6 is 0 Å². The van der Waals surface area contributed by atoms with E-state index in [2.05, 4.69) is 10.2 Å². The van der Waals surface area contributed by atoms with Gasteiger partial charge in [0, 0.05) is 19.3 Å². The van der Waals surface area contributed by atoms with Gasteiger partial charge in [0.25, 0.3) is 0 Å². The molecule has 1 saturated heterocycles. The van der Waals surface area contributed by atoms with Crippen LogP contribution in [0.5, 0.6) is 0 Å². The van der Waals surface area contributed by atoms with Crippen molar-refractivity contribution < 1.29 is 13.2 Å². The average Bonchev–Trinajstić information content (AvgIpc) is 2.80. The first-order chi connectivity index (χ1) is 8.49. The number of benzene rings is 1. The minimum atomic E-state index is -4.29. The van der Waals surface area contributed by atoms with Crippen molar-refractivity contribution in [2.75, 3.05) is 25.5 Å². The van der Waals surface area contributed by atoms with Crippen LogP contribution in [0.2, 0.25) is 0 Å². The molecular weight excluding hydrogens is 241 g/mol. The molecule has 5 heteroatoms. The van der Waals surface area contributed by atoms with Crippen molar-refractivity contribution in [3.05, 3.63) is 29.3 Å². The largest absolute Gasteiger partial charge is 0.416 e. The highest BCUT2D eigenvalue weighted by Gasteiger charge is 2.31. The second-order valence-corrected chi connectivity index (χ2v) is 4.65. The van der Waals surface area contributed by atoms with Crippen LogP contribution in [0.1, 0.15) is 24.0 Å². The Bertz CT molecular complexity index is 409. The van der Waals surface area contributed by atoms with Gasteiger partial charge in [0.2, 0.25) is 0 Å². The molecule has 0 unspecified atom stereocenters. The summed E-state index contributed by atoms with van der Waals surface area (Å²) in [5.74, 6) is 0. The summed E-state index contributed by atoms with van der Waals surface area (Å²) >= 11 is 0. The molecular formula is C13H17F3N2. The molecule has 100 valence electrons. The number of halogens is 3. The monoisotopic (exact) mass is 258 g/mol. The Kier molecular flexibility index (Phi) is 3.80. The Morgan fingerprint density at radius 2 is 1.83 bits per heavy atom. The standard InChI is InChI=1S/C13H17F3N2/c1-17-12-7-10(9-18-4-2-3-5-18)6-11(8-12)13(14,15)16/h6-8,17H,2-5,9H2,1H3. The normalized spacial score (nSPS) is 17.1. The maximum absolute atomic E-state index is 12.8. The Balaban J connectivity index is 2.23. The molecule has 1 aliphatic rings. The number of hydrogen-bond donors (Lipinski definition) is 1. The first-order valence-corrected chi connectivity index (χ1v) is 6.10. The number of rotatable bonds is 3. The molecule has 0 atom stereocenters. The van der Waals surface area contributed by atoms with E-state index in [0.717, 1.165) is 37.6 Å². The summed E-state index contributed by atoms with van der Waals surface area (Å²) in [6, 6.07) is 4.18. The zero-order chi connectivity index (χ0) is 13.2. The van der Waals surface area contributed by atoms with Crippen molar-refractivity contribution >= 4 is 5.69 Å². The molecule has 0 saturated carbocycles. The smallest absolute Gasteiger partial charge is 0.388 e. The number of hydrogen-bond acceptors (Lipinski definition) is 2. The van der Waals surface area contributed by atoms with E-state index in [1.165, 1.54) is 6.07 Å². The van der Waals surface area contributed by atoms with Gasteiger partial charge in [-0.1, -0.05) is 0 Å². The molecule has 1 N–H and O–H groups in total. The van der Waals surface area contributed by atoms with E-state index in [9.17, 15) is 13.2 Å². The maximum Gasteiger partial charge on any atom is 0.416 e. The number of anilines is 1. The van der Waals surface area contributed by atoms with Gasteiger partial charge in [0.05, 0.1) is 5.56 Å². The van der Waals surface area contributed by atoms with Crippen LogP contribution in [-0.4, -0.2) is 25.0 Å². The summed E-state index contributed by atoms with van der Waals surface area (Å²) in [7, 11) is 1.63. The Morgan fingerprint density at radius 1 is 1.17 bits per heavy atom. The molecule has 0 aromatic heterocycles. The van der Waals surface area contributed by atoms with Crippen molar-refractivity contribution in [1.29, 1.82) is 0 Å². The van der Waals surface area contributed by atoms with Crippen LogP contribution in [0.3, 0.4) is 0 Å². The van der Waals surface area contributed by atoms with Crippen molar-refractivity contribution in [3.63, 3.8) is 0 Å². The van der Waals surface area contributed by atoms with E-state index in [4.69, 9.17) is 0 Å². The van der Waals surface area contributed by atoms with Crippen LogP contribution in [-0.2, 0) is 12.7 Å². The Hall–Kier alpha value is -1.23. The summed E-state index contributed by atoms with van der Waals surface area (Å²) in [5.41, 5.74) is 0.652. The summed E-state index contributed by atoms with van der Waals surface area (Å²) in [6.45, 7) is 2.55. The SMILES string of the molecule is CNc1cc(CN2CCCC2)cc(C(F)(F)F)c1. The van der Waals surface area contributed by atoms with Crippen molar-refractivity contribution in [3.8, 4) is 0 Å². The summed E-state index contributed by atoms with van der Waals surface area (Å²) in [4.78, 5) is 2.19. The first-order valence-electron chi connectivity index (χ1n) is 6.10. The summed E-state index contributed by atoms with van der Waals surface area (Å²) in [5, 5.41) is 2.79. The van der Waals surface area contributed by atoms with Crippen LogP contribution in [0.25, 0.3) is 0 Å². The molecule has 0 amide bonds. The second-order valence-electron chi connectivity index (χ2n) is 4.65. The van der Waals surface area contributed by atoms with Crippen molar-refractivity contribution in [2.24, 2.45) is 0 Å². The van der Waals surface area contributed by atoms with Gasteiger partial charge in [-0.15, -0.1) is 0 Å². The fourth-order valence-electron chi connectivity index (χ4n) is 2.29. The fraction of sp³-hybridized carbons (Fsp3) is 0.538. The van der Waals surface area contributed by atoms with Gasteiger partial charge in [-0.2, -0.15) is 13.2 Å². The van der Waals surface area contributed by atoms with Crippen molar-refractivity contribution in [2.45, 2.75) is 25.6 Å². The quantitative estimate of drug-likeness (QED) is 0.894. The molecule has 1 aromatic carbocycles. The molecule has 1 heterocycles. The molecule has 0 aliphatic carbocycles. The maximum atomic E-state index is 12.8. The lowest BCUT2D eigenvalue weighted by Crippen LogP contribution is -2.19. The van der Waals surface area contributed by atoms with Crippen LogP contribution in [0, 0.1) is 0 Å². The molecule has 0 spiro atoms. The Labute approximate surface area is 105 Å². The molecule has 18 heavy (non-hydrogen) atoms. The van der Waals surface area contributed by atoms with E-state index in [1.54, 1.807) is 13.1 Å². The molecule has 2 rings (SSSR count). The van der Waals surface area contributed by atoms with Crippen molar-refractivity contribution in [1.82, 2.24) is 4.90 Å².